The van der Waals surface area contributed by atoms with Gasteiger partial charge in [-0.15, -0.1) is 6.58 Å². The van der Waals surface area contributed by atoms with Crippen LogP contribution in [-0.4, -0.2) is 40.3 Å². The number of aromatic carboxylic acids is 1. The van der Waals surface area contributed by atoms with Crippen molar-refractivity contribution in [2.75, 3.05) is 24.6 Å². The lowest BCUT2D eigenvalue weighted by atomic mass is 9.89. The van der Waals surface area contributed by atoms with E-state index in [1.807, 2.05) is 6.92 Å². The van der Waals surface area contributed by atoms with Gasteiger partial charge in [0.1, 0.15) is 11.2 Å². The molecule has 10 heteroatoms. The third-order valence-electron chi connectivity index (χ3n) is 5.67. The Bertz CT molecular complexity index is 1160. The number of pyridine rings is 2. The number of nitrogens with zero attached hydrogens (tertiary/aromatic N) is 3. The first-order valence-corrected chi connectivity index (χ1v) is 9.95. The van der Waals surface area contributed by atoms with Gasteiger partial charge in [-0.1, -0.05) is 13.0 Å². The van der Waals surface area contributed by atoms with Crippen molar-refractivity contribution < 1.29 is 19.1 Å². The second kappa shape index (κ2) is 7.78. The molecule has 0 bridgehead atoms. The van der Waals surface area contributed by atoms with Crippen molar-refractivity contribution in [1.29, 1.82) is 0 Å². The fourth-order valence-corrected chi connectivity index (χ4v) is 3.68. The van der Waals surface area contributed by atoms with Gasteiger partial charge < -0.3 is 20.3 Å². The summed E-state index contributed by atoms with van der Waals surface area (Å²) in [5, 5.41) is 9.32. The van der Waals surface area contributed by atoms with Gasteiger partial charge in [0.2, 0.25) is 5.43 Å². The van der Waals surface area contributed by atoms with E-state index in [0.29, 0.717) is 12.2 Å². The highest BCUT2D eigenvalue weighted by molar-refractivity contribution is 5.92. The average Bonchev–Trinajstić information content (AvgIpc) is 3.52. The molecule has 1 fully saturated rings. The van der Waals surface area contributed by atoms with Crippen LogP contribution in [0.4, 0.5) is 10.2 Å². The lowest BCUT2D eigenvalue weighted by Gasteiger charge is -2.27. The monoisotopic (exact) mass is 429 g/mol. The van der Waals surface area contributed by atoms with Gasteiger partial charge in [0, 0.05) is 36.9 Å². The Balaban J connectivity index is 1.81. The summed E-state index contributed by atoms with van der Waals surface area (Å²) in [6, 6.07) is 1.11. The molecule has 31 heavy (non-hydrogen) atoms. The Labute approximate surface area is 177 Å². The number of hydrogen-bond acceptors (Lipinski definition) is 7. The molecule has 1 atom stereocenters. The maximum atomic E-state index is 15.1. The number of nitrogens with one attached hydrogen (secondary N) is 1. The summed E-state index contributed by atoms with van der Waals surface area (Å²) < 4.78 is 16.8. The molecule has 4 N–H and O–H groups in total. The Morgan fingerprint density at radius 2 is 2.29 bits per heavy atom. The summed E-state index contributed by atoms with van der Waals surface area (Å²) in [5.41, 5.74) is 8.07. The molecule has 2 aliphatic rings. The first-order chi connectivity index (χ1) is 14.8. The fraction of sp³-hybridized carbons (Fsp3) is 0.381. The molecule has 1 aliphatic heterocycles. The molecule has 2 aromatic rings. The zero-order valence-electron chi connectivity index (χ0n) is 17.1. The number of halogens is 1. The van der Waals surface area contributed by atoms with Crippen molar-refractivity contribution in [3.8, 4) is 0 Å². The van der Waals surface area contributed by atoms with Crippen LogP contribution < -0.4 is 21.5 Å². The molecular weight excluding hydrogens is 405 g/mol. The van der Waals surface area contributed by atoms with Crippen LogP contribution in [0.5, 0.6) is 0 Å². The predicted molar refractivity (Wildman–Crippen MR) is 113 cm³/mol. The van der Waals surface area contributed by atoms with Gasteiger partial charge in [0.05, 0.1) is 17.7 Å². The zero-order chi connectivity index (χ0) is 22.3. The van der Waals surface area contributed by atoms with Crippen LogP contribution >= 0.6 is 0 Å². The summed E-state index contributed by atoms with van der Waals surface area (Å²) in [7, 11) is 0. The Hall–Kier alpha value is -3.24. The van der Waals surface area contributed by atoms with E-state index in [4.69, 9.17) is 10.6 Å². The molecule has 1 saturated carbocycles. The molecule has 0 spiro atoms. The summed E-state index contributed by atoms with van der Waals surface area (Å²) in [4.78, 5) is 35.5. The van der Waals surface area contributed by atoms with Crippen molar-refractivity contribution in [2.24, 2.45) is 11.1 Å². The van der Waals surface area contributed by atoms with Crippen molar-refractivity contribution in [2.45, 2.75) is 25.8 Å². The lowest BCUT2D eigenvalue weighted by molar-refractivity contribution is 0.0694. The van der Waals surface area contributed by atoms with Crippen molar-refractivity contribution in [3.05, 3.63) is 58.4 Å². The topological polar surface area (TPSA) is 123 Å². The van der Waals surface area contributed by atoms with E-state index >= 15 is 4.39 Å². The summed E-state index contributed by atoms with van der Waals surface area (Å²) in [5.74, 6) is -2.04. The lowest BCUT2D eigenvalue weighted by Crippen LogP contribution is -2.38. The van der Waals surface area contributed by atoms with Crippen LogP contribution in [0.3, 0.4) is 0 Å². The minimum Gasteiger partial charge on any atom is -0.477 e. The summed E-state index contributed by atoms with van der Waals surface area (Å²) >= 11 is 0. The van der Waals surface area contributed by atoms with Gasteiger partial charge in [-0.3, -0.25) is 15.1 Å². The molecule has 1 unspecified atom stereocenters. The maximum Gasteiger partial charge on any atom is 0.341 e. The molecule has 3 heterocycles. The van der Waals surface area contributed by atoms with Crippen molar-refractivity contribution in [3.63, 3.8) is 0 Å². The van der Waals surface area contributed by atoms with Crippen LogP contribution in [-0.2, 0) is 4.84 Å². The minimum absolute atomic E-state index is 0.0320. The standard InChI is InChI=1S/C21H24FN5O4/c1-3-6-31-25-16-9-26(11-21(16,2)10-23)19-15(22)7-13-17(28)14(20(29)30)8-27(12-4-5-12)18(13)24-19/h3,7-9,12,25H,1,4-6,10-11,23H2,2H3,(H,29,30). The van der Waals surface area contributed by atoms with Gasteiger partial charge in [-0.25, -0.2) is 14.2 Å². The van der Waals surface area contributed by atoms with Gasteiger partial charge in [-0.05, 0) is 18.9 Å². The van der Waals surface area contributed by atoms with Crippen LogP contribution in [0.2, 0.25) is 0 Å². The molecule has 1 aliphatic carbocycles. The second-order valence-corrected chi connectivity index (χ2v) is 8.12. The highest BCUT2D eigenvalue weighted by atomic mass is 19.1. The molecule has 164 valence electrons. The van der Waals surface area contributed by atoms with E-state index in [9.17, 15) is 14.7 Å². The number of fused-ring (bicyclic) bond motifs is 1. The first-order valence-electron chi connectivity index (χ1n) is 9.95. The third kappa shape index (κ3) is 3.68. The van der Waals surface area contributed by atoms with Crippen LogP contribution in [0.1, 0.15) is 36.2 Å². The van der Waals surface area contributed by atoms with Gasteiger partial charge in [0.25, 0.3) is 0 Å². The molecule has 0 radical (unpaired) electrons. The first kappa shape index (κ1) is 21.0. The molecule has 0 aromatic carbocycles. The number of aromatic nitrogens is 2. The number of hydroxylamine groups is 1. The highest BCUT2D eigenvalue weighted by Crippen LogP contribution is 2.39. The van der Waals surface area contributed by atoms with E-state index in [-0.39, 0.29) is 36.0 Å². The number of rotatable bonds is 8. The minimum atomic E-state index is -1.35. The Morgan fingerprint density at radius 1 is 1.55 bits per heavy atom. The molecule has 2 aromatic heterocycles. The smallest absolute Gasteiger partial charge is 0.341 e. The average molecular weight is 429 g/mol. The molecule has 0 amide bonds. The van der Waals surface area contributed by atoms with Crippen LogP contribution in [0, 0.1) is 11.2 Å². The number of hydrogen-bond donors (Lipinski definition) is 3. The normalized spacial score (nSPS) is 20.7. The van der Waals surface area contributed by atoms with Crippen molar-refractivity contribution >= 4 is 22.8 Å². The highest BCUT2D eigenvalue weighted by Gasteiger charge is 2.38. The molecule has 4 rings (SSSR count). The van der Waals surface area contributed by atoms with Crippen molar-refractivity contribution in [1.82, 2.24) is 15.0 Å². The quantitative estimate of drug-likeness (QED) is 0.330. The predicted octanol–water partition coefficient (Wildman–Crippen LogP) is 1.90. The van der Waals surface area contributed by atoms with E-state index in [0.717, 1.165) is 18.9 Å². The second-order valence-electron chi connectivity index (χ2n) is 8.12. The van der Waals surface area contributed by atoms with E-state index in [2.05, 4.69) is 17.0 Å². The number of anilines is 1. The molecular formula is C21H24FN5O4. The maximum absolute atomic E-state index is 15.1. The van der Waals surface area contributed by atoms with E-state index < -0.39 is 28.2 Å². The number of nitrogens with two attached hydrogens (primary N) is 1. The van der Waals surface area contributed by atoms with Crippen LogP contribution in [0.25, 0.3) is 11.0 Å². The Morgan fingerprint density at radius 3 is 2.90 bits per heavy atom. The largest absolute Gasteiger partial charge is 0.477 e. The van der Waals surface area contributed by atoms with Crippen LogP contribution in [0.15, 0.2) is 41.6 Å². The molecule has 9 nitrogen and oxygen atoms in total. The zero-order valence-corrected chi connectivity index (χ0v) is 17.1. The third-order valence-corrected chi connectivity index (χ3v) is 5.67. The van der Waals surface area contributed by atoms with E-state index in [1.165, 1.54) is 6.20 Å². The van der Waals surface area contributed by atoms with E-state index in [1.54, 1.807) is 21.7 Å². The number of carbonyl (C=O) groups is 1. The van der Waals surface area contributed by atoms with Gasteiger partial charge in [0.15, 0.2) is 11.6 Å². The Kier molecular flexibility index (Phi) is 5.28. The number of carboxylic acid groups (broad SMARTS) is 1. The number of carboxylic acids is 1. The summed E-state index contributed by atoms with van der Waals surface area (Å²) in [6.45, 7) is 6.42. The summed E-state index contributed by atoms with van der Waals surface area (Å²) in [6.07, 6.45) is 6.26. The van der Waals surface area contributed by atoms with Gasteiger partial charge in [-0.2, -0.15) is 0 Å². The SMILES string of the molecule is C=CCONC1=CN(c2nc3c(cc2F)c(=O)c(C(=O)O)cn3C2CC2)CC1(C)CN. The fourth-order valence-electron chi connectivity index (χ4n) is 3.68. The van der Waals surface area contributed by atoms with Gasteiger partial charge >= 0.3 is 5.97 Å². The molecule has 0 saturated heterocycles.